The minimum absolute atomic E-state index is 0.0125. The molecule has 2 atom stereocenters. The molecule has 0 spiro atoms. The van der Waals surface area contributed by atoms with Gasteiger partial charge in [0.1, 0.15) is 17.4 Å². The lowest BCUT2D eigenvalue weighted by Crippen LogP contribution is -2.43. The van der Waals surface area contributed by atoms with Crippen molar-refractivity contribution in [3.8, 4) is 0 Å². The van der Waals surface area contributed by atoms with Crippen LogP contribution >= 0.6 is 7.95 Å². The van der Waals surface area contributed by atoms with Gasteiger partial charge in [0.25, 0.3) is 6.35 Å². The van der Waals surface area contributed by atoms with E-state index in [1.54, 1.807) is 20.2 Å². The monoisotopic (exact) mass is 395 g/mol. The first-order valence-corrected chi connectivity index (χ1v) is 10.3. The standard InChI is InChI=1S/C17H28N6O3P/c1-11(2)6-13(24)17(4,5)22-27(25)10-26-12(3)7-23-9-21-14-15(18)19-8-20-16(14)23/h8-9,11-12H,6-7,10H2,1-5H3,(H,22,25)(H2,18,19,20)/q+1/t12-/m1/s1. The second kappa shape index (κ2) is 8.82. The lowest BCUT2D eigenvalue weighted by molar-refractivity contribution is -0.124. The number of hydrogen-bond acceptors (Lipinski definition) is 7. The van der Waals surface area contributed by atoms with E-state index in [4.69, 9.17) is 10.5 Å². The molecule has 0 saturated heterocycles. The zero-order chi connectivity index (χ0) is 20.2. The fraction of sp³-hybridized carbons (Fsp3) is 0.647. The van der Waals surface area contributed by atoms with Crippen LogP contribution in [0.4, 0.5) is 5.82 Å². The van der Waals surface area contributed by atoms with Gasteiger partial charge in [0, 0.05) is 6.42 Å². The maximum absolute atomic E-state index is 12.3. The highest BCUT2D eigenvalue weighted by Gasteiger charge is 2.35. The highest BCUT2D eigenvalue weighted by molar-refractivity contribution is 7.42. The molecule has 2 heterocycles. The topological polar surface area (TPSA) is 125 Å². The Balaban J connectivity index is 1.87. The fourth-order valence-corrected chi connectivity index (χ4v) is 3.79. The Morgan fingerprint density at radius 2 is 2.04 bits per heavy atom. The quantitative estimate of drug-likeness (QED) is 0.588. The molecule has 0 fully saturated rings. The maximum Gasteiger partial charge on any atom is 0.461 e. The maximum atomic E-state index is 12.3. The van der Waals surface area contributed by atoms with Crippen molar-refractivity contribution in [2.45, 2.75) is 59.2 Å². The number of nitrogens with zero attached hydrogens (tertiary/aromatic N) is 4. The van der Waals surface area contributed by atoms with Crippen LogP contribution in [0.2, 0.25) is 0 Å². The Hall–Kier alpha value is -1.96. The summed E-state index contributed by atoms with van der Waals surface area (Å²) in [6, 6.07) is 0. The van der Waals surface area contributed by atoms with Crippen LogP contribution in [-0.4, -0.2) is 43.3 Å². The van der Waals surface area contributed by atoms with E-state index in [1.165, 1.54) is 6.33 Å². The molecule has 2 aromatic heterocycles. The van der Waals surface area contributed by atoms with Crippen molar-refractivity contribution in [2.75, 3.05) is 12.1 Å². The van der Waals surface area contributed by atoms with Gasteiger partial charge in [-0.25, -0.2) is 15.0 Å². The van der Waals surface area contributed by atoms with E-state index in [9.17, 15) is 9.36 Å². The number of aromatic nitrogens is 4. The number of rotatable bonds is 10. The highest BCUT2D eigenvalue weighted by atomic mass is 31.1. The summed E-state index contributed by atoms with van der Waals surface area (Å²) >= 11 is 0. The van der Waals surface area contributed by atoms with E-state index in [2.05, 4.69) is 20.0 Å². The molecule has 0 amide bonds. The number of ether oxygens (including phenoxy) is 1. The number of carbonyl (C=O) groups excluding carboxylic acids is 1. The van der Waals surface area contributed by atoms with Gasteiger partial charge in [-0.3, -0.25) is 4.79 Å². The summed E-state index contributed by atoms with van der Waals surface area (Å²) in [7, 11) is -1.88. The Kier molecular flexibility index (Phi) is 6.97. The Morgan fingerprint density at radius 1 is 1.33 bits per heavy atom. The second-order valence-corrected chi connectivity index (χ2v) is 8.81. The van der Waals surface area contributed by atoms with E-state index >= 15 is 0 Å². The molecule has 2 aromatic rings. The average Bonchev–Trinajstić information content (AvgIpc) is 2.96. The van der Waals surface area contributed by atoms with Crippen LogP contribution in [0.15, 0.2) is 12.7 Å². The van der Waals surface area contributed by atoms with Crippen LogP contribution < -0.4 is 10.8 Å². The number of ketones is 1. The van der Waals surface area contributed by atoms with Crippen LogP contribution in [0.1, 0.15) is 41.0 Å². The van der Waals surface area contributed by atoms with E-state index in [0.29, 0.717) is 29.9 Å². The van der Waals surface area contributed by atoms with Crippen LogP contribution in [0, 0.1) is 5.92 Å². The van der Waals surface area contributed by atoms with Crippen LogP contribution in [0.5, 0.6) is 0 Å². The summed E-state index contributed by atoms with van der Waals surface area (Å²) < 4.78 is 19.8. The third-order valence-electron chi connectivity index (χ3n) is 4.05. The minimum Gasteiger partial charge on any atom is -0.382 e. The molecule has 148 valence electrons. The van der Waals surface area contributed by atoms with Crippen molar-refractivity contribution in [2.24, 2.45) is 5.92 Å². The number of anilines is 1. The summed E-state index contributed by atoms with van der Waals surface area (Å²) in [6.07, 6.45) is 3.24. The zero-order valence-corrected chi connectivity index (χ0v) is 17.4. The third kappa shape index (κ3) is 5.76. The van der Waals surface area contributed by atoms with E-state index in [-0.39, 0.29) is 24.2 Å². The van der Waals surface area contributed by atoms with Crippen molar-refractivity contribution in [3.05, 3.63) is 12.7 Å². The minimum atomic E-state index is -1.88. The van der Waals surface area contributed by atoms with Crippen LogP contribution in [0.25, 0.3) is 11.2 Å². The Bertz CT molecular complexity index is 820. The molecule has 0 aliphatic rings. The van der Waals surface area contributed by atoms with Crippen molar-refractivity contribution >= 4 is 30.7 Å². The van der Waals surface area contributed by atoms with Crippen LogP contribution in [-0.2, 0) is 20.6 Å². The number of nitrogens with two attached hydrogens (primary N) is 1. The summed E-state index contributed by atoms with van der Waals surface area (Å²) in [5, 5.41) is 2.89. The molecule has 2 rings (SSSR count). The van der Waals surface area contributed by atoms with Crippen LogP contribution in [0.3, 0.4) is 0 Å². The molecular weight excluding hydrogens is 367 g/mol. The van der Waals surface area contributed by atoms with E-state index < -0.39 is 13.5 Å². The number of carbonyl (C=O) groups is 1. The number of nitrogen functional groups attached to an aromatic ring is 1. The molecule has 9 nitrogen and oxygen atoms in total. The molecule has 0 aromatic carbocycles. The number of nitrogens with one attached hydrogen (secondary N) is 1. The van der Waals surface area contributed by atoms with Crippen molar-refractivity contribution in [1.82, 2.24) is 24.6 Å². The lowest BCUT2D eigenvalue weighted by atomic mass is 9.93. The fourth-order valence-electron chi connectivity index (χ4n) is 2.59. The molecule has 27 heavy (non-hydrogen) atoms. The number of hydrogen-bond donors (Lipinski definition) is 2. The summed E-state index contributed by atoms with van der Waals surface area (Å²) in [4.78, 5) is 24.6. The predicted molar refractivity (Wildman–Crippen MR) is 104 cm³/mol. The SMILES string of the molecule is CC(C)CC(=O)C(C)(C)N[P+](=O)CO[C@H](C)Cn1cnc2c(N)ncnc21. The number of Topliss-reactive ketones (excluding diaryl/α,β-unsaturated/α-hetero) is 1. The van der Waals surface area contributed by atoms with Crippen molar-refractivity contribution < 1.29 is 14.1 Å². The van der Waals surface area contributed by atoms with Gasteiger partial charge in [-0.2, -0.15) is 0 Å². The first-order chi connectivity index (χ1) is 12.6. The Labute approximate surface area is 159 Å². The molecule has 3 N–H and O–H groups in total. The smallest absolute Gasteiger partial charge is 0.382 e. The van der Waals surface area contributed by atoms with E-state index in [1.807, 2.05) is 25.3 Å². The van der Waals surface area contributed by atoms with Crippen molar-refractivity contribution in [1.29, 1.82) is 0 Å². The van der Waals surface area contributed by atoms with Gasteiger partial charge in [-0.1, -0.05) is 18.9 Å². The molecule has 10 heteroatoms. The van der Waals surface area contributed by atoms with Gasteiger partial charge < -0.3 is 15.0 Å². The van der Waals surface area contributed by atoms with Gasteiger partial charge in [-0.05, 0) is 31.3 Å². The summed E-state index contributed by atoms with van der Waals surface area (Å²) in [5.74, 6) is 0.625. The number of imidazole rings is 1. The predicted octanol–water partition coefficient (Wildman–Crippen LogP) is 2.50. The van der Waals surface area contributed by atoms with Crippen molar-refractivity contribution in [3.63, 3.8) is 0 Å². The molecule has 0 saturated carbocycles. The summed E-state index contributed by atoms with van der Waals surface area (Å²) in [6.45, 7) is 9.81. The normalized spacial score (nSPS) is 13.9. The largest absolute Gasteiger partial charge is 0.461 e. The summed E-state index contributed by atoms with van der Waals surface area (Å²) in [5.41, 5.74) is 6.10. The van der Waals surface area contributed by atoms with Gasteiger partial charge >= 0.3 is 7.95 Å². The molecule has 0 radical (unpaired) electrons. The van der Waals surface area contributed by atoms with Gasteiger partial charge in [0.2, 0.25) is 0 Å². The highest BCUT2D eigenvalue weighted by Crippen LogP contribution is 2.24. The first kappa shape index (κ1) is 21.3. The Morgan fingerprint density at radius 3 is 2.70 bits per heavy atom. The third-order valence-corrected chi connectivity index (χ3v) is 5.25. The molecule has 0 bridgehead atoms. The lowest BCUT2D eigenvalue weighted by Gasteiger charge is -2.20. The molecule has 0 aliphatic heterocycles. The van der Waals surface area contributed by atoms with Gasteiger partial charge in [-0.15, -0.1) is 0 Å². The van der Waals surface area contributed by atoms with E-state index in [0.717, 1.165) is 0 Å². The molecule has 1 unspecified atom stereocenters. The molecule has 0 aliphatic carbocycles. The second-order valence-electron chi connectivity index (χ2n) is 7.57. The molecular formula is C17H28N6O3P+. The van der Waals surface area contributed by atoms with Gasteiger partial charge in [0.15, 0.2) is 17.2 Å². The first-order valence-electron chi connectivity index (χ1n) is 8.89. The van der Waals surface area contributed by atoms with Gasteiger partial charge in [0.05, 0.1) is 19.0 Å². The average molecular weight is 395 g/mol. The zero-order valence-electron chi connectivity index (χ0n) is 16.5. The number of fused-ring (bicyclic) bond motifs is 1.